The number of halogens is 3. The fraction of sp³-hybridized carbons (Fsp3) is 0.500. The van der Waals surface area contributed by atoms with Crippen LogP contribution in [-0.2, 0) is 0 Å². The molecule has 0 aliphatic heterocycles. The predicted molar refractivity (Wildman–Crippen MR) is 50.3 cm³/mol. The smallest absolute Gasteiger partial charge is 0.369 e. The number of hydrogen-bond donors (Lipinski definition) is 2. The summed E-state index contributed by atoms with van der Waals surface area (Å²) >= 11 is 0. The zero-order valence-electron chi connectivity index (χ0n) is 8.10. The highest BCUT2D eigenvalue weighted by atomic mass is 19.4. The van der Waals surface area contributed by atoms with Crippen LogP contribution in [0.15, 0.2) is 6.20 Å². The summed E-state index contributed by atoms with van der Waals surface area (Å²) in [6.07, 6.45) is -3.62. The first kappa shape index (κ1) is 11.5. The number of nitrogens with two attached hydrogens (primary N) is 1. The van der Waals surface area contributed by atoms with Crippen molar-refractivity contribution in [2.45, 2.75) is 19.5 Å². The second kappa shape index (κ2) is 4.33. The van der Waals surface area contributed by atoms with Gasteiger partial charge in [-0.05, 0) is 6.92 Å². The molecule has 0 aliphatic carbocycles. The summed E-state index contributed by atoms with van der Waals surface area (Å²) in [4.78, 5) is 7.48. The van der Waals surface area contributed by atoms with E-state index in [1.807, 2.05) is 0 Å². The minimum atomic E-state index is -4.17. The van der Waals surface area contributed by atoms with Crippen LogP contribution in [-0.4, -0.2) is 22.7 Å². The molecule has 1 heterocycles. The lowest BCUT2D eigenvalue weighted by Crippen LogP contribution is -2.16. The highest BCUT2D eigenvalue weighted by Crippen LogP contribution is 2.19. The Balaban J connectivity index is 2.54. The van der Waals surface area contributed by atoms with Gasteiger partial charge in [0.05, 0.1) is 6.42 Å². The van der Waals surface area contributed by atoms with Crippen LogP contribution in [0.5, 0.6) is 0 Å². The Bertz CT molecular complexity index is 337. The third-order valence-corrected chi connectivity index (χ3v) is 1.69. The van der Waals surface area contributed by atoms with Gasteiger partial charge in [0.2, 0.25) is 5.95 Å². The molecule has 0 unspecified atom stereocenters. The second-order valence-electron chi connectivity index (χ2n) is 3.05. The van der Waals surface area contributed by atoms with Gasteiger partial charge in [-0.15, -0.1) is 0 Å². The molecule has 0 aliphatic rings. The van der Waals surface area contributed by atoms with Crippen LogP contribution in [0.3, 0.4) is 0 Å². The summed E-state index contributed by atoms with van der Waals surface area (Å²) in [6, 6.07) is 0. The molecule has 4 nitrogen and oxygen atoms in total. The largest absolute Gasteiger partial charge is 0.390 e. The van der Waals surface area contributed by atoms with E-state index in [2.05, 4.69) is 15.3 Å². The fourth-order valence-corrected chi connectivity index (χ4v) is 0.957. The summed E-state index contributed by atoms with van der Waals surface area (Å²) in [5.41, 5.74) is 5.96. The van der Waals surface area contributed by atoms with Crippen molar-refractivity contribution in [2.24, 2.45) is 0 Å². The Morgan fingerprint density at radius 2 is 2.13 bits per heavy atom. The number of alkyl halides is 3. The Hall–Kier alpha value is -1.53. The highest BCUT2D eigenvalue weighted by molar-refractivity contribution is 5.44. The third-order valence-electron chi connectivity index (χ3n) is 1.69. The Morgan fingerprint density at radius 3 is 2.73 bits per heavy atom. The molecule has 0 amide bonds. The van der Waals surface area contributed by atoms with Crippen molar-refractivity contribution in [3.05, 3.63) is 11.8 Å². The van der Waals surface area contributed by atoms with Crippen molar-refractivity contribution in [1.82, 2.24) is 9.97 Å². The van der Waals surface area contributed by atoms with Gasteiger partial charge in [-0.3, -0.25) is 0 Å². The first-order valence-corrected chi connectivity index (χ1v) is 4.28. The highest BCUT2D eigenvalue weighted by Gasteiger charge is 2.26. The van der Waals surface area contributed by atoms with Gasteiger partial charge in [-0.2, -0.15) is 18.2 Å². The predicted octanol–water partition coefficient (Wildman–Crippen LogP) is 1.73. The van der Waals surface area contributed by atoms with Crippen LogP contribution in [0, 0.1) is 6.92 Å². The molecule has 15 heavy (non-hydrogen) atoms. The maximum absolute atomic E-state index is 11.8. The zero-order valence-corrected chi connectivity index (χ0v) is 8.10. The molecular weight excluding hydrogens is 209 g/mol. The van der Waals surface area contributed by atoms with E-state index in [9.17, 15) is 13.2 Å². The van der Waals surface area contributed by atoms with Gasteiger partial charge < -0.3 is 11.1 Å². The van der Waals surface area contributed by atoms with Crippen molar-refractivity contribution < 1.29 is 13.2 Å². The van der Waals surface area contributed by atoms with E-state index in [0.29, 0.717) is 11.4 Å². The quantitative estimate of drug-likeness (QED) is 0.814. The molecular formula is C8H11F3N4. The molecule has 0 spiro atoms. The topological polar surface area (TPSA) is 63.8 Å². The van der Waals surface area contributed by atoms with E-state index in [4.69, 9.17) is 5.73 Å². The number of aryl methyl sites for hydroxylation is 1. The number of aromatic nitrogens is 2. The molecule has 1 rings (SSSR count). The fourth-order valence-electron chi connectivity index (χ4n) is 0.957. The molecule has 0 radical (unpaired) electrons. The number of nitrogens with one attached hydrogen (secondary N) is 1. The monoisotopic (exact) mass is 220 g/mol. The minimum absolute atomic E-state index is 0.0371. The normalized spacial score (nSPS) is 11.5. The average Bonchev–Trinajstić information content (AvgIpc) is 2.09. The number of anilines is 2. The summed E-state index contributed by atoms with van der Waals surface area (Å²) in [5.74, 6) is 0.377. The van der Waals surface area contributed by atoms with Crippen molar-refractivity contribution in [1.29, 1.82) is 0 Å². The Morgan fingerprint density at radius 1 is 1.47 bits per heavy atom. The third kappa shape index (κ3) is 4.01. The van der Waals surface area contributed by atoms with Gasteiger partial charge in [0.1, 0.15) is 5.82 Å². The lowest BCUT2D eigenvalue weighted by molar-refractivity contribution is -0.131. The van der Waals surface area contributed by atoms with E-state index >= 15 is 0 Å². The van der Waals surface area contributed by atoms with Crippen LogP contribution in [0.2, 0.25) is 0 Å². The first-order chi connectivity index (χ1) is 6.88. The minimum Gasteiger partial charge on any atom is -0.369 e. The van der Waals surface area contributed by atoms with Gasteiger partial charge in [0.15, 0.2) is 0 Å². The van der Waals surface area contributed by atoms with Crippen LogP contribution in [0.1, 0.15) is 12.0 Å². The Labute approximate surface area is 84.7 Å². The van der Waals surface area contributed by atoms with Crippen LogP contribution in [0.25, 0.3) is 0 Å². The summed E-state index contributed by atoms with van der Waals surface area (Å²) < 4.78 is 35.5. The average molecular weight is 220 g/mol. The molecule has 84 valence electrons. The van der Waals surface area contributed by atoms with E-state index in [0.717, 1.165) is 0 Å². The second-order valence-corrected chi connectivity index (χ2v) is 3.05. The van der Waals surface area contributed by atoms with Crippen LogP contribution < -0.4 is 11.1 Å². The number of rotatable bonds is 3. The number of hydrogen-bond acceptors (Lipinski definition) is 4. The lowest BCUT2D eigenvalue weighted by Gasteiger charge is -2.10. The zero-order chi connectivity index (χ0) is 11.5. The van der Waals surface area contributed by atoms with Crippen molar-refractivity contribution in [2.75, 3.05) is 17.6 Å². The van der Waals surface area contributed by atoms with Crippen LogP contribution >= 0.6 is 0 Å². The summed E-state index contributed by atoms with van der Waals surface area (Å²) in [5, 5.41) is 2.56. The number of nitrogen functional groups attached to an aromatic ring is 1. The maximum atomic E-state index is 11.8. The van der Waals surface area contributed by atoms with E-state index < -0.39 is 12.6 Å². The number of nitrogens with zero attached hydrogens (tertiary/aromatic N) is 2. The van der Waals surface area contributed by atoms with Gasteiger partial charge >= 0.3 is 6.18 Å². The molecule has 3 N–H and O–H groups in total. The lowest BCUT2D eigenvalue weighted by atomic mass is 10.3. The molecule has 0 saturated carbocycles. The van der Waals surface area contributed by atoms with Gasteiger partial charge in [0, 0.05) is 18.3 Å². The van der Waals surface area contributed by atoms with Crippen molar-refractivity contribution in [3.8, 4) is 0 Å². The van der Waals surface area contributed by atoms with E-state index in [1.54, 1.807) is 6.92 Å². The molecule has 7 heteroatoms. The standard InChI is InChI=1S/C8H11F3N4/c1-5-4-14-7(12)15-6(5)13-3-2-8(9,10)11/h4H,2-3H2,1H3,(H3,12,13,14,15). The first-order valence-electron chi connectivity index (χ1n) is 4.28. The molecule has 0 bridgehead atoms. The molecule has 0 atom stereocenters. The Kier molecular flexibility index (Phi) is 3.33. The van der Waals surface area contributed by atoms with Crippen molar-refractivity contribution in [3.63, 3.8) is 0 Å². The SMILES string of the molecule is Cc1cnc(N)nc1NCCC(F)(F)F. The van der Waals surface area contributed by atoms with E-state index in [-0.39, 0.29) is 12.5 Å². The maximum Gasteiger partial charge on any atom is 0.390 e. The molecule has 0 fully saturated rings. The van der Waals surface area contributed by atoms with Gasteiger partial charge in [-0.25, -0.2) is 4.98 Å². The van der Waals surface area contributed by atoms with Crippen molar-refractivity contribution >= 4 is 11.8 Å². The molecule has 1 aromatic rings. The van der Waals surface area contributed by atoms with Crippen LogP contribution in [0.4, 0.5) is 24.9 Å². The summed E-state index contributed by atoms with van der Waals surface area (Å²) in [7, 11) is 0. The van der Waals surface area contributed by atoms with Gasteiger partial charge in [-0.1, -0.05) is 0 Å². The molecule has 0 aromatic carbocycles. The molecule has 1 aromatic heterocycles. The van der Waals surface area contributed by atoms with Gasteiger partial charge in [0.25, 0.3) is 0 Å². The molecule has 0 saturated heterocycles. The summed E-state index contributed by atoms with van der Waals surface area (Å²) in [6.45, 7) is 1.47. The van der Waals surface area contributed by atoms with E-state index in [1.165, 1.54) is 6.20 Å².